The third kappa shape index (κ3) is 4.27. The van der Waals surface area contributed by atoms with Gasteiger partial charge in [0.2, 0.25) is 0 Å². The second-order valence-electron chi connectivity index (χ2n) is 4.15. The van der Waals surface area contributed by atoms with Gasteiger partial charge in [0.1, 0.15) is 11.6 Å². The lowest BCUT2D eigenvalue weighted by molar-refractivity contribution is -0.127. The average molecular weight is 264 g/mol. The van der Waals surface area contributed by atoms with Crippen LogP contribution >= 0.6 is 0 Å². The molecule has 1 rings (SSSR count). The van der Waals surface area contributed by atoms with Crippen molar-refractivity contribution in [1.29, 1.82) is 0 Å². The largest absolute Gasteiger partial charge is 0.481 e. The summed E-state index contributed by atoms with van der Waals surface area (Å²) in [4.78, 5) is 11.5. The van der Waals surface area contributed by atoms with Crippen LogP contribution in [0.15, 0.2) is 18.2 Å². The number of amides is 1. The SMILES string of the molecule is C#CCNC(=O)C(C)Oc1ccc([C@H](C)N)c(F)c1. The monoisotopic (exact) mass is 264 g/mol. The highest BCUT2D eigenvalue weighted by Crippen LogP contribution is 2.21. The van der Waals surface area contributed by atoms with Gasteiger partial charge < -0.3 is 15.8 Å². The number of halogens is 1. The molecule has 1 aromatic rings. The standard InChI is InChI=1S/C14H17FN2O2/c1-4-7-17-14(18)10(3)19-11-5-6-12(9(2)16)13(15)8-11/h1,5-6,8-10H,7,16H2,2-3H3,(H,17,18)/t9-,10?/m0/s1. The first-order chi connectivity index (χ1) is 8.95. The highest BCUT2D eigenvalue weighted by molar-refractivity contribution is 5.80. The topological polar surface area (TPSA) is 64.3 Å². The molecular weight excluding hydrogens is 247 g/mol. The van der Waals surface area contributed by atoms with Crippen molar-refractivity contribution in [2.75, 3.05) is 6.54 Å². The number of carbonyl (C=O) groups is 1. The Bertz CT molecular complexity index is 495. The maximum atomic E-state index is 13.7. The fourth-order valence-electron chi connectivity index (χ4n) is 1.49. The van der Waals surface area contributed by atoms with Gasteiger partial charge >= 0.3 is 0 Å². The highest BCUT2D eigenvalue weighted by Gasteiger charge is 2.15. The van der Waals surface area contributed by atoms with Crippen molar-refractivity contribution < 1.29 is 13.9 Å². The van der Waals surface area contributed by atoms with Crippen molar-refractivity contribution in [3.05, 3.63) is 29.6 Å². The van der Waals surface area contributed by atoms with Gasteiger partial charge in [0.05, 0.1) is 6.54 Å². The molecule has 102 valence electrons. The molecule has 5 heteroatoms. The molecule has 0 fully saturated rings. The molecule has 0 heterocycles. The molecule has 1 aromatic carbocycles. The molecule has 3 N–H and O–H groups in total. The number of carbonyl (C=O) groups excluding carboxylic acids is 1. The first-order valence-corrected chi connectivity index (χ1v) is 5.88. The molecule has 0 bridgehead atoms. The summed E-state index contributed by atoms with van der Waals surface area (Å²) in [6.07, 6.45) is 4.27. The Kier molecular flexibility index (Phi) is 5.34. The van der Waals surface area contributed by atoms with E-state index in [1.807, 2.05) is 0 Å². The van der Waals surface area contributed by atoms with Crippen LogP contribution in [0.2, 0.25) is 0 Å². The van der Waals surface area contributed by atoms with Crippen LogP contribution in [-0.4, -0.2) is 18.6 Å². The zero-order chi connectivity index (χ0) is 14.4. The molecule has 1 amide bonds. The second-order valence-corrected chi connectivity index (χ2v) is 4.15. The van der Waals surface area contributed by atoms with Crippen molar-refractivity contribution in [3.8, 4) is 18.1 Å². The molecule has 1 unspecified atom stereocenters. The van der Waals surface area contributed by atoms with Crippen molar-refractivity contribution in [2.45, 2.75) is 26.0 Å². The van der Waals surface area contributed by atoms with Crippen LogP contribution in [0.1, 0.15) is 25.5 Å². The fraction of sp³-hybridized carbons (Fsp3) is 0.357. The van der Waals surface area contributed by atoms with Crippen LogP contribution in [0.25, 0.3) is 0 Å². The first kappa shape index (κ1) is 15.0. The van der Waals surface area contributed by atoms with Gasteiger partial charge in [0.25, 0.3) is 5.91 Å². The Hall–Kier alpha value is -2.06. The number of hydrogen-bond acceptors (Lipinski definition) is 3. The van der Waals surface area contributed by atoms with E-state index in [2.05, 4.69) is 11.2 Å². The van der Waals surface area contributed by atoms with Crippen molar-refractivity contribution in [2.24, 2.45) is 5.73 Å². The van der Waals surface area contributed by atoms with Crippen LogP contribution in [0.5, 0.6) is 5.75 Å². The van der Waals surface area contributed by atoms with E-state index in [9.17, 15) is 9.18 Å². The van der Waals surface area contributed by atoms with Gasteiger partial charge in [0.15, 0.2) is 6.10 Å². The summed E-state index contributed by atoms with van der Waals surface area (Å²) < 4.78 is 19.0. The summed E-state index contributed by atoms with van der Waals surface area (Å²) >= 11 is 0. The van der Waals surface area contributed by atoms with Crippen molar-refractivity contribution >= 4 is 5.91 Å². The van der Waals surface area contributed by atoms with Gasteiger partial charge in [-0.15, -0.1) is 6.42 Å². The van der Waals surface area contributed by atoms with Crippen LogP contribution in [0, 0.1) is 18.2 Å². The molecule has 19 heavy (non-hydrogen) atoms. The lowest BCUT2D eigenvalue weighted by atomic mass is 10.1. The van der Waals surface area contributed by atoms with E-state index in [0.29, 0.717) is 5.56 Å². The normalized spacial score (nSPS) is 13.2. The maximum Gasteiger partial charge on any atom is 0.261 e. The number of nitrogens with two attached hydrogens (primary N) is 1. The Morgan fingerprint density at radius 3 is 2.79 bits per heavy atom. The predicted octanol–water partition coefficient (Wildman–Crippen LogP) is 1.36. The van der Waals surface area contributed by atoms with Crippen LogP contribution in [0.3, 0.4) is 0 Å². The molecule has 2 atom stereocenters. The summed E-state index contributed by atoms with van der Waals surface area (Å²) in [6, 6.07) is 3.93. The lowest BCUT2D eigenvalue weighted by Gasteiger charge is -2.15. The lowest BCUT2D eigenvalue weighted by Crippen LogP contribution is -2.36. The molecular formula is C14H17FN2O2. The number of benzene rings is 1. The van der Waals surface area contributed by atoms with Gasteiger partial charge in [-0.3, -0.25) is 4.79 Å². The van der Waals surface area contributed by atoms with Gasteiger partial charge in [-0.2, -0.15) is 0 Å². The Balaban J connectivity index is 2.70. The summed E-state index contributed by atoms with van der Waals surface area (Å²) in [5.74, 6) is 1.75. The third-order valence-electron chi connectivity index (χ3n) is 2.51. The Labute approximate surface area is 112 Å². The average Bonchev–Trinajstić information content (AvgIpc) is 2.35. The van der Waals surface area contributed by atoms with E-state index in [1.165, 1.54) is 6.07 Å². The molecule has 0 aliphatic heterocycles. The number of nitrogens with one attached hydrogen (secondary N) is 1. The molecule has 4 nitrogen and oxygen atoms in total. The highest BCUT2D eigenvalue weighted by atomic mass is 19.1. The molecule has 0 saturated carbocycles. The molecule has 0 saturated heterocycles. The van der Waals surface area contributed by atoms with E-state index in [4.69, 9.17) is 16.9 Å². The van der Waals surface area contributed by atoms with E-state index in [0.717, 1.165) is 0 Å². The van der Waals surface area contributed by atoms with E-state index in [1.54, 1.807) is 26.0 Å². The number of terminal acetylenes is 1. The Morgan fingerprint density at radius 1 is 1.58 bits per heavy atom. The second kappa shape index (κ2) is 6.76. The molecule has 0 radical (unpaired) electrons. The molecule has 0 aromatic heterocycles. The maximum absolute atomic E-state index is 13.7. The fourth-order valence-corrected chi connectivity index (χ4v) is 1.49. The minimum Gasteiger partial charge on any atom is -0.481 e. The number of ether oxygens (including phenoxy) is 1. The zero-order valence-corrected chi connectivity index (χ0v) is 10.9. The Morgan fingerprint density at radius 2 is 2.26 bits per heavy atom. The van der Waals surface area contributed by atoms with Crippen LogP contribution < -0.4 is 15.8 Å². The van der Waals surface area contributed by atoms with Gasteiger partial charge in [0, 0.05) is 17.7 Å². The minimum absolute atomic E-state index is 0.129. The summed E-state index contributed by atoms with van der Waals surface area (Å²) in [6.45, 7) is 3.38. The number of rotatable bonds is 5. The van der Waals surface area contributed by atoms with E-state index >= 15 is 0 Å². The smallest absolute Gasteiger partial charge is 0.261 e. The van der Waals surface area contributed by atoms with E-state index in [-0.39, 0.29) is 18.2 Å². The van der Waals surface area contributed by atoms with Gasteiger partial charge in [-0.1, -0.05) is 12.0 Å². The van der Waals surface area contributed by atoms with Gasteiger partial charge in [-0.05, 0) is 19.9 Å². The molecule has 0 aliphatic carbocycles. The van der Waals surface area contributed by atoms with Crippen LogP contribution in [-0.2, 0) is 4.79 Å². The first-order valence-electron chi connectivity index (χ1n) is 5.88. The summed E-state index contributed by atoms with van der Waals surface area (Å²) in [7, 11) is 0. The summed E-state index contributed by atoms with van der Waals surface area (Å²) in [5.41, 5.74) is 6.01. The van der Waals surface area contributed by atoms with Crippen molar-refractivity contribution in [1.82, 2.24) is 5.32 Å². The zero-order valence-electron chi connectivity index (χ0n) is 10.9. The van der Waals surface area contributed by atoms with Crippen molar-refractivity contribution in [3.63, 3.8) is 0 Å². The minimum atomic E-state index is -0.756. The quantitative estimate of drug-likeness (QED) is 0.789. The molecule has 0 spiro atoms. The van der Waals surface area contributed by atoms with E-state index < -0.39 is 18.0 Å². The number of hydrogen-bond donors (Lipinski definition) is 2. The van der Waals surface area contributed by atoms with Gasteiger partial charge in [-0.25, -0.2) is 4.39 Å². The summed E-state index contributed by atoms with van der Waals surface area (Å²) in [5, 5.41) is 2.48. The van der Waals surface area contributed by atoms with Crippen LogP contribution in [0.4, 0.5) is 4.39 Å². The third-order valence-corrected chi connectivity index (χ3v) is 2.51. The molecule has 0 aliphatic rings. The predicted molar refractivity (Wildman–Crippen MR) is 70.9 cm³/mol.